The summed E-state index contributed by atoms with van der Waals surface area (Å²) in [6.45, 7) is 4.87. The van der Waals surface area contributed by atoms with Gasteiger partial charge in [-0.2, -0.15) is 0 Å². The van der Waals surface area contributed by atoms with Crippen molar-refractivity contribution in [2.75, 3.05) is 13.2 Å². The first-order chi connectivity index (χ1) is 16.3. The maximum atomic E-state index is 12.1. The molecule has 4 rings (SSSR count). The number of carboxylic acids is 1. The Balaban J connectivity index is 1.63. The Morgan fingerprint density at radius 2 is 1.88 bits per heavy atom. The average molecular weight is 472 g/mol. The van der Waals surface area contributed by atoms with E-state index < -0.39 is 49.5 Å². The standard InChI is InChI=1S/C25H29NO8/c1-14-9-10-18(15(2)11-14)32-25-21(26-16(3)27)23(30-13-20(28)29)22-19(33-25)12-31-24(34-22)17-7-5-4-6-8-17/h4-11,19,21-25H,12-13H2,1-3H3,(H,26,27)(H,28,29). The molecule has 0 radical (unpaired) electrons. The molecule has 0 aliphatic carbocycles. The number of amides is 1. The van der Waals surface area contributed by atoms with E-state index in [1.165, 1.54) is 6.92 Å². The first-order valence-corrected chi connectivity index (χ1v) is 11.1. The summed E-state index contributed by atoms with van der Waals surface area (Å²) < 4.78 is 30.2. The molecule has 34 heavy (non-hydrogen) atoms. The van der Waals surface area contributed by atoms with Gasteiger partial charge >= 0.3 is 5.97 Å². The van der Waals surface area contributed by atoms with E-state index in [0.29, 0.717) is 5.75 Å². The molecule has 6 unspecified atom stereocenters. The van der Waals surface area contributed by atoms with Crippen molar-refractivity contribution in [2.45, 2.75) is 57.7 Å². The fourth-order valence-corrected chi connectivity index (χ4v) is 4.26. The summed E-state index contributed by atoms with van der Waals surface area (Å²) >= 11 is 0. The lowest BCUT2D eigenvalue weighted by Crippen LogP contribution is -2.68. The van der Waals surface area contributed by atoms with Crippen LogP contribution in [0.1, 0.15) is 29.9 Å². The molecule has 9 nitrogen and oxygen atoms in total. The van der Waals surface area contributed by atoms with Gasteiger partial charge in [0.2, 0.25) is 12.2 Å². The molecule has 2 fully saturated rings. The third kappa shape index (κ3) is 5.56. The summed E-state index contributed by atoms with van der Waals surface area (Å²) in [5.74, 6) is -0.888. The van der Waals surface area contributed by atoms with Gasteiger partial charge in [-0.25, -0.2) is 4.79 Å². The average Bonchev–Trinajstić information content (AvgIpc) is 2.80. The molecule has 2 heterocycles. The minimum Gasteiger partial charge on any atom is -0.480 e. The zero-order valence-corrected chi connectivity index (χ0v) is 19.3. The first-order valence-electron chi connectivity index (χ1n) is 11.1. The van der Waals surface area contributed by atoms with Gasteiger partial charge in [-0.3, -0.25) is 4.79 Å². The van der Waals surface area contributed by atoms with Crippen LogP contribution in [0.15, 0.2) is 48.5 Å². The summed E-state index contributed by atoms with van der Waals surface area (Å²) in [6.07, 6.45) is -3.79. The number of hydrogen-bond acceptors (Lipinski definition) is 7. The molecule has 2 aromatic rings. The lowest BCUT2D eigenvalue weighted by atomic mass is 9.95. The number of fused-ring (bicyclic) bond motifs is 1. The quantitative estimate of drug-likeness (QED) is 0.634. The van der Waals surface area contributed by atoms with Crippen molar-refractivity contribution >= 4 is 11.9 Å². The number of carbonyl (C=O) groups excluding carboxylic acids is 1. The van der Waals surface area contributed by atoms with Crippen molar-refractivity contribution in [3.05, 3.63) is 65.2 Å². The summed E-state index contributed by atoms with van der Waals surface area (Å²) in [5.41, 5.74) is 2.79. The van der Waals surface area contributed by atoms with Gasteiger partial charge in [0.1, 0.15) is 36.7 Å². The van der Waals surface area contributed by atoms with Crippen molar-refractivity contribution in [1.82, 2.24) is 5.32 Å². The van der Waals surface area contributed by atoms with E-state index in [9.17, 15) is 14.7 Å². The first kappa shape index (κ1) is 24.2. The Bertz CT molecular complexity index is 1010. The molecular formula is C25H29NO8. The minimum absolute atomic E-state index is 0.177. The molecule has 2 saturated heterocycles. The highest BCUT2D eigenvalue weighted by molar-refractivity contribution is 5.73. The number of hydrogen-bond donors (Lipinski definition) is 2. The van der Waals surface area contributed by atoms with Gasteiger partial charge in [0.05, 0.1) is 6.61 Å². The van der Waals surface area contributed by atoms with Crippen molar-refractivity contribution < 1.29 is 38.4 Å². The second kappa shape index (κ2) is 10.5. The molecule has 2 aromatic carbocycles. The summed E-state index contributed by atoms with van der Waals surface area (Å²) in [4.78, 5) is 23.4. The number of carboxylic acid groups (broad SMARTS) is 1. The van der Waals surface area contributed by atoms with Crippen molar-refractivity contribution in [1.29, 1.82) is 0 Å². The van der Waals surface area contributed by atoms with Crippen LogP contribution in [0.3, 0.4) is 0 Å². The second-order valence-electron chi connectivity index (χ2n) is 8.50. The van der Waals surface area contributed by atoms with E-state index >= 15 is 0 Å². The Labute approximate surface area is 197 Å². The third-order valence-electron chi connectivity index (χ3n) is 5.75. The summed E-state index contributed by atoms with van der Waals surface area (Å²) in [7, 11) is 0. The highest BCUT2D eigenvalue weighted by Crippen LogP contribution is 2.36. The van der Waals surface area contributed by atoms with Crippen LogP contribution in [0.2, 0.25) is 0 Å². The van der Waals surface area contributed by atoms with E-state index in [1.807, 2.05) is 62.4 Å². The van der Waals surface area contributed by atoms with E-state index in [2.05, 4.69) is 5.32 Å². The number of benzene rings is 2. The molecule has 2 N–H and O–H groups in total. The lowest BCUT2D eigenvalue weighted by Gasteiger charge is -2.49. The van der Waals surface area contributed by atoms with Crippen LogP contribution < -0.4 is 10.1 Å². The van der Waals surface area contributed by atoms with E-state index in [0.717, 1.165) is 16.7 Å². The number of carbonyl (C=O) groups is 2. The van der Waals surface area contributed by atoms with Crippen LogP contribution >= 0.6 is 0 Å². The molecular weight excluding hydrogens is 442 g/mol. The van der Waals surface area contributed by atoms with Crippen LogP contribution in [0, 0.1) is 13.8 Å². The molecule has 1 amide bonds. The van der Waals surface area contributed by atoms with Gasteiger partial charge < -0.3 is 34.1 Å². The highest BCUT2D eigenvalue weighted by Gasteiger charge is 2.52. The number of aliphatic carboxylic acids is 1. The third-order valence-corrected chi connectivity index (χ3v) is 5.75. The van der Waals surface area contributed by atoms with E-state index in [1.54, 1.807) is 0 Å². The summed E-state index contributed by atoms with van der Waals surface area (Å²) in [6, 6.07) is 14.3. The van der Waals surface area contributed by atoms with Gasteiger partial charge in [-0.05, 0) is 25.5 Å². The molecule has 0 spiro atoms. The maximum absolute atomic E-state index is 12.1. The molecule has 0 aromatic heterocycles. The monoisotopic (exact) mass is 471 g/mol. The molecule has 0 bridgehead atoms. The molecule has 0 saturated carbocycles. The fourth-order valence-electron chi connectivity index (χ4n) is 4.26. The molecule has 182 valence electrons. The Hall–Kier alpha value is -2.98. The Morgan fingerprint density at radius 3 is 2.56 bits per heavy atom. The van der Waals surface area contributed by atoms with Crippen molar-refractivity contribution in [3.8, 4) is 5.75 Å². The predicted molar refractivity (Wildman–Crippen MR) is 120 cm³/mol. The highest BCUT2D eigenvalue weighted by atomic mass is 16.8. The van der Waals surface area contributed by atoms with E-state index in [-0.39, 0.29) is 12.5 Å². The molecule has 2 aliphatic rings. The zero-order valence-electron chi connectivity index (χ0n) is 19.3. The molecule has 6 atom stereocenters. The van der Waals surface area contributed by atoms with Crippen LogP contribution in [0.5, 0.6) is 5.75 Å². The fraction of sp³-hybridized carbons (Fsp3) is 0.440. The summed E-state index contributed by atoms with van der Waals surface area (Å²) in [5, 5.41) is 12.1. The molecule has 2 aliphatic heterocycles. The number of ether oxygens (including phenoxy) is 5. The van der Waals surface area contributed by atoms with Gasteiger partial charge in [-0.15, -0.1) is 0 Å². The number of nitrogens with one attached hydrogen (secondary N) is 1. The molecule has 9 heteroatoms. The number of aryl methyl sites for hydroxylation is 2. The smallest absolute Gasteiger partial charge is 0.329 e. The number of rotatable bonds is 7. The van der Waals surface area contributed by atoms with Gasteiger partial charge in [0, 0.05) is 12.5 Å². The van der Waals surface area contributed by atoms with Gasteiger partial charge in [-0.1, -0.05) is 48.0 Å². The second-order valence-corrected chi connectivity index (χ2v) is 8.50. The van der Waals surface area contributed by atoms with Crippen LogP contribution in [0.25, 0.3) is 0 Å². The lowest BCUT2D eigenvalue weighted by molar-refractivity contribution is -0.337. The van der Waals surface area contributed by atoms with Gasteiger partial charge in [0.15, 0.2) is 6.29 Å². The minimum atomic E-state index is -1.14. The predicted octanol–water partition coefficient (Wildman–Crippen LogP) is 2.50. The Kier molecular flexibility index (Phi) is 7.47. The topological polar surface area (TPSA) is 113 Å². The zero-order chi connectivity index (χ0) is 24.2. The van der Waals surface area contributed by atoms with Crippen LogP contribution in [0.4, 0.5) is 0 Å². The van der Waals surface area contributed by atoms with E-state index in [4.69, 9.17) is 23.7 Å². The van der Waals surface area contributed by atoms with Gasteiger partial charge in [0.25, 0.3) is 0 Å². The largest absolute Gasteiger partial charge is 0.480 e. The van der Waals surface area contributed by atoms with Crippen molar-refractivity contribution in [2.24, 2.45) is 0 Å². The Morgan fingerprint density at radius 1 is 1.12 bits per heavy atom. The maximum Gasteiger partial charge on any atom is 0.329 e. The van der Waals surface area contributed by atoms with Crippen LogP contribution in [-0.4, -0.2) is 60.8 Å². The SMILES string of the molecule is CC(=O)NC1C(Oc2ccc(C)cc2C)OC2COC(c3ccccc3)OC2C1OCC(=O)O. The van der Waals surface area contributed by atoms with Crippen LogP contribution in [-0.2, 0) is 28.5 Å². The van der Waals surface area contributed by atoms with Crippen molar-refractivity contribution in [3.63, 3.8) is 0 Å². The normalized spacial score (nSPS) is 28.6.